The molecule has 0 aliphatic heterocycles. The van der Waals surface area contributed by atoms with Crippen LogP contribution in [0.5, 0.6) is 5.75 Å². The predicted molar refractivity (Wildman–Crippen MR) is 120 cm³/mol. The molecule has 2 aromatic heterocycles. The van der Waals surface area contributed by atoms with Crippen LogP contribution in [-0.4, -0.2) is 29.2 Å². The van der Waals surface area contributed by atoms with E-state index in [2.05, 4.69) is 9.97 Å². The molecule has 0 bridgehead atoms. The van der Waals surface area contributed by atoms with E-state index >= 15 is 0 Å². The molecule has 1 N–H and O–H groups in total. The molecule has 0 aliphatic rings. The van der Waals surface area contributed by atoms with Gasteiger partial charge in [-0.3, -0.25) is 0 Å². The summed E-state index contributed by atoms with van der Waals surface area (Å²) in [5, 5.41) is 1.72. The molecule has 0 aliphatic carbocycles. The minimum atomic E-state index is -0.471. The molecule has 1 atom stereocenters. The topological polar surface area (TPSA) is 73.4 Å². The van der Waals surface area contributed by atoms with Crippen molar-refractivity contribution < 1.29 is 23.4 Å². The molecule has 32 heavy (non-hydrogen) atoms. The molecular weight excluding hydrogens is 411 g/mol. The lowest BCUT2D eigenvalue weighted by Gasteiger charge is -2.13. The Balaban J connectivity index is 1.74. The van der Waals surface area contributed by atoms with Crippen molar-refractivity contribution >= 4 is 27.8 Å². The molecule has 1 unspecified atom stereocenters. The van der Waals surface area contributed by atoms with E-state index in [0.717, 1.165) is 27.4 Å². The molecule has 7 heteroatoms. The normalized spacial score (nSPS) is 12.2. The summed E-state index contributed by atoms with van der Waals surface area (Å²) in [7, 11) is 1.57. The van der Waals surface area contributed by atoms with Crippen LogP contribution in [0.25, 0.3) is 21.8 Å². The standard InChI is InChI=1S/C25H25FN2O4/c1-4-15(2)32-25(29)24-20(14-30-3)23-19-11-18(8-9-21(19)28-22(23)12-27-24)31-13-16-6-5-7-17(26)10-16/h5-12,15,28H,4,13-14H2,1-3H3. The van der Waals surface area contributed by atoms with Crippen LogP contribution in [0.1, 0.15) is 41.9 Å². The number of aromatic amines is 1. The van der Waals surface area contributed by atoms with Crippen molar-refractivity contribution in [2.45, 2.75) is 39.6 Å². The summed E-state index contributed by atoms with van der Waals surface area (Å²) in [6, 6.07) is 12.0. The third kappa shape index (κ3) is 4.43. The van der Waals surface area contributed by atoms with Crippen LogP contribution < -0.4 is 4.74 Å². The van der Waals surface area contributed by atoms with Crippen LogP contribution in [0.4, 0.5) is 4.39 Å². The van der Waals surface area contributed by atoms with E-state index in [-0.39, 0.29) is 30.8 Å². The van der Waals surface area contributed by atoms with Crippen molar-refractivity contribution in [3.8, 4) is 5.75 Å². The average Bonchev–Trinajstić information content (AvgIpc) is 3.16. The molecule has 0 fully saturated rings. The number of halogens is 1. The fraction of sp³-hybridized carbons (Fsp3) is 0.280. The molecule has 4 aromatic rings. The Morgan fingerprint density at radius 1 is 1.16 bits per heavy atom. The van der Waals surface area contributed by atoms with Crippen LogP contribution in [-0.2, 0) is 22.7 Å². The Hall–Kier alpha value is -3.45. The number of ether oxygens (including phenoxy) is 3. The molecule has 0 amide bonds. The number of hydrogen-bond donors (Lipinski definition) is 1. The lowest BCUT2D eigenvalue weighted by Crippen LogP contribution is -2.17. The van der Waals surface area contributed by atoms with Gasteiger partial charge in [-0.2, -0.15) is 0 Å². The zero-order chi connectivity index (χ0) is 22.7. The number of rotatable bonds is 8. The van der Waals surface area contributed by atoms with Crippen molar-refractivity contribution in [1.29, 1.82) is 0 Å². The summed E-state index contributed by atoms with van der Waals surface area (Å²) in [6.45, 7) is 4.25. The number of carbonyl (C=O) groups is 1. The van der Waals surface area contributed by atoms with Crippen LogP contribution in [0.3, 0.4) is 0 Å². The second-order valence-corrected chi connectivity index (χ2v) is 7.68. The Labute approximate surface area is 185 Å². The van der Waals surface area contributed by atoms with E-state index in [1.807, 2.05) is 38.1 Å². The van der Waals surface area contributed by atoms with Gasteiger partial charge in [-0.15, -0.1) is 0 Å². The first kappa shape index (κ1) is 21.8. The van der Waals surface area contributed by atoms with E-state index < -0.39 is 5.97 Å². The monoisotopic (exact) mass is 436 g/mol. The minimum Gasteiger partial charge on any atom is -0.489 e. The number of H-pyrrole nitrogens is 1. The predicted octanol–water partition coefficient (Wildman–Crippen LogP) is 5.54. The van der Waals surface area contributed by atoms with Crippen molar-refractivity contribution in [3.63, 3.8) is 0 Å². The largest absolute Gasteiger partial charge is 0.489 e. The number of nitrogens with zero attached hydrogens (tertiary/aromatic N) is 1. The smallest absolute Gasteiger partial charge is 0.357 e. The van der Waals surface area contributed by atoms with Crippen molar-refractivity contribution in [2.75, 3.05) is 7.11 Å². The number of nitrogens with one attached hydrogen (secondary N) is 1. The Morgan fingerprint density at radius 3 is 2.75 bits per heavy atom. The van der Waals surface area contributed by atoms with Gasteiger partial charge in [0.05, 0.1) is 24.4 Å². The highest BCUT2D eigenvalue weighted by atomic mass is 19.1. The van der Waals surface area contributed by atoms with E-state index in [1.165, 1.54) is 12.1 Å². The lowest BCUT2D eigenvalue weighted by atomic mass is 10.1. The third-order valence-corrected chi connectivity index (χ3v) is 5.37. The highest BCUT2D eigenvalue weighted by Gasteiger charge is 2.22. The fourth-order valence-corrected chi connectivity index (χ4v) is 3.61. The number of methoxy groups -OCH3 is 1. The van der Waals surface area contributed by atoms with Gasteiger partial charge in [0.15, 0.2) is 5.69 Å². The van der Waals surface area contributed by atoms with Crippen molar-refractivity contribution in [3.05, 3.63) is 71.3 Å². The van der Waals surface area contributed by atoms with Crippen LogP contribution in [0.2, 0.25) is 0 Å². The minimum absolute atomic E-state index is 0.205. The zero-order valence-corrected chi connectivity index (χ0v) is 18.3. The lowest BCUT2D eigenvalue weighted by molar-refractivity contribution is 0.0323. The Morgan fingerprint density at radius 2 is 2.00 bits per heavy atom. The summed E-state index contributed by atoms with van der Waals surface area (Å²) in [5.74, 6) is -0.139. The molecule has 166 valence electrons. The molecule has 4 rings (SSSR count). The van der Waals surface area contributed by atoms with E-state index in [0.29, 0.717) is 17.7 Å². The maximum atomic E-state index is 13.4. The number of aromatic nitrogens is 2. The fourth-order valence-electron chi connectivity index (χ4n) is 3.61. The molecule has 0 radical (unpaired) electrons. The second-order valence-electron chi connectivity index (χ2n) is 7.68. The van der Waals surface area contributed by atoms with Crippen molar-refractivity contribution in [1.82, 2.24) is 9.97 Å². The number of pyridine rings is 1. The van der Waals surface area contributed by atoms with E-state index in [4.69, 9.17) is 14.2 Å². The summed E-state index contributed by atoms with van der Waals surface area (Å²) in [6.07, 6.45) is 2.14. The highest BCUT2D eigenvalue weighted by Crippen LogP contribution is 2.33. The highest BCUT2D eigenvalue weighted by molar-refractivity contribution is 6.11. The Bertz CT molecular complexity index is 1270. The van der Waals surface area contributed by atoms with E-state index in [1.54, 1.807) is 19.4 Å². The zero-order valence-electron chi connectivity index (χ0n) is 18.3. The Kier molecular flexibility index (Phi) is 6.37. The van der Waals surface area contributed by atoms with Gasteiger partial charge in [0.25, 0.3) is 0 Å². The molecular formula is C25H25FN2O4. The summed E-state index contributed by atoms with van der Waals surface area (Å²) in [4.78, 5) is 20.4. The third-order valence-electron chi connectivity index (χ3n) is 5.37. The molecule has 0 saturated carbocycles. The molecule has 0 spiro atoms. The van der Waals surface area contributed by atoms with Gasteiger partial charge in [-0.05, 0) is 49.2 Å². The molecule has 2 aromatic carbocycles. The average molecular weight is 436 g/mol. The maximum absolute atomic E-state index is 13.4. The maximum Gasteiger partial charge on any atom is 0.357 e. The van der Waals surface area contributed by atoms with Gasteiger partial charge in [0.1, 0.15) is 18.2 Å². The number of carbonyl (C=O) groups excluding carboxylic acids is 1. The number of benzene rings is 2. The second kappa shape index (κ2) is 9.36. The first-order valence-corrected chi connectivity index (χ1v) is 10.5. The van der Waals surface area contributed by atoms with Crippen LogP contribution >= 0.6 is 0 Å². The van der Waals surface area contributed by atoms with Gasteiger partial charge in [-0.1, -0.05) is 19.1 Å². The van der Waals surface area contributed by atoms with Gasteiger partial charge < -0.3 is 19.2 Å². The quantitative estimate of drug-likeness (QED) is 0.367. The van der Waals surface area contributed by atoms with Gasteiger partial charge >= 0.3 is 5.97 Å². The number of fused-ring (bicyclic) bond motifs is 3. The first-order chi connectivity index (χ1) is 15.5. The number of esters is 1. The van der Waals surface area contributed by atoms with Crippen LogP contribution in [0, 0.1) is 5.82 Å². The van der Waals surface area contributed by atoms with Crippen LogP contribution in [0.15, 0.2) is 48.7 Å². The van der Waals surface area contributed by atoms with Gasteiger partial charge in [0.2, 0.25) is 0 Å². The SMILES string of the molecule is CCC(C)OC(=O)c1ncc2[nH]c3ccc(OCc4cccc(F)c4)cc3c2c1COC. The molecule has 0 saturated heterocycles. The van der Waals surface area contributed by atoms with Crippen molar-refractivity contribution in [2.24, 2.45) is 0 Å². The molecule has 2 heterocycles. The number of hydrogen-bond acceptors (Lipinski definition) is 5. The summed E-state index contributed by atoms with van der Waals surface area (Å²) < 4.78 is 30.2. The van der Waals surface area contributed by atoms with Gasteiger partial charge in [0, 0.05) is 29.0 Å². The first-order valence-electron chi connectivity index (χ1n) is 10.5. The summed E-state index contributed by atoms with van der Waals surface area (Å²) >= 11 is 0. The van der Waals surface area contributed by atoms with E-state index in [9.17, 15) is 9.18 Å². The molecule has 6 nitrogen and oxygen atoms in total. The van der Waals surface area contributed by atoms with Gasteiger partial charge in [-0.25, -0.2) is 14.2 Å². The summed E-state index contributed by atoms with van der Waals surface area (Å²) in [5.41, 5.74) is 3.31.